The molecule has 3 amide bonds. The highest BCUT2D eigenvalue weighted by Crippen LogP contribution is 2.30. The number of piperazine rings is 1. The number of fused-ring (bicyclic) bond motifs is 4. The number of pyridine rings is 1. The van der Waals surface area contributed by atoms with Crippen molar-refractivity contribution >= 4 is 17.7 Å². The van der Waals surface area contributed by atoms with Gasteiger partial charge >= 0.3 is 0 Å². The lowest BCUT2D eigenvalue weighted by Gasteiger charge is -2.44. The Bertz CT molecular complexity index is 949. The average Bonchev–Trinajstić information content (AvgIpc) is 3.25. The number of hydrogen-bond donors (Lipinski definition) is 1. The molecular formula is C24H34N6O4. The van der Waals surface area contributed by atoms with Gasteiger partial charge in [0, 0.05) is 51.4 Å². The lowest BCUT2D eigenvalue weighted by molar-refractivity contribution is -0.147. The molecule has 0 saturated carbocycles. The fourth-order valence-electron chi connectivity index (χ4n) is 5.82. The minimum absolute atomic E-state index is 0.00926. The third-order valence-electron chi connectivity index (χ3n) is 7.76. The molecule has 3 atom stereocenters. The zero-order valence-corrected chi connectivity index (χ0v) is 20.0. The van der Waals surface area contributed by atoms with Gasteiger partial charge in [-0.25, -0.2) is 4.98 Å². The van der Waals surface area contributed by atoms with Crippen molar-refractivity contribution in [3.8, 4) is 5.88 Å². The first-order valence-corrected chi connectivity index (χ1v) is 12.3. The van der Waals surface area contributed by atoms with Gasteiger partial charge < -0.3 is 24.8 Å². The molecule has 5 rings (SSSR count). The summed E-state index contributed by atoms with van der Waals surface area (Å²) in [4.78, 5) is 51.8. The van der Waals surface area contributed by atoms with E-state index in [2.05, 4.69) is 27.1 Å². The standard InChI is InChI=1S/C24H34N6O4/c1-16(31)28-10-11-29-19(14-28)15-34-23-20(4-3-7-25-23)22(32)26-17-12-21(24(29)33)30(13-17)18-5-8-27(2)9-6-18/h3-4,7,17-19,21H,5-6,8-15H2,1-2H3,(H,26,32)/t17-,19-,21-/m0/s1. The summed E-state index contributed by atoms with van der Waals surface area (Å²) in [6.07, 6.45) is 4.21. The number of nitrogens with zero attached hydrogens (tertiary/aromatic N) is 5. The van der Waals surface area contributed by atoms with Crippen molar-refractivity contribution in [1.29, 1.82) is 0 Å². The summed E-state index contributed by atoms with van der Waals surface area (Å²) in [5.41, 5.74) is 0.398. The molecule has 0 unspecified atom stereocenters. The molecule has 34 heavy (non-hydrogen) atoms. The predicted octanol–water partition coefficient (Wildman–Crippen LogP) is -0.200. The van der Waals surface area contributed by atoms with Crippen LogP contribution >= 0.6 is 0 Å². The van der Waals surface area contributed by atoms with Crippen LogP contribution in [-0.4, -0.2) is 119 Å². The molecule has 5 heterocycles. The number of carbonyl (C=O) groups is 3. The number of amides is 3. The molecule has 4 aliphatic rings. The first kappa shape index (κ1) is 23.0. The fraction of sp³-hybridized carbons (Fsp3) is 0.667. The van der Waals surface area contributed by atoms with E-state index in [4.69, 9.17) is 4.74 Å². The van der Waals surface area contributed by atoms with Gasteiger partial charge in [-0.2, -0.15) is 0 Å². The maximum Gasteiger partial charge on any atom is 0.257 e. The van der Waals surface area contributed by atoms with Gasteiger partial charge in [-0.1, -0.05) is 0 Å². The maximum absolute atomic E-state index is 14.0. The highest BCUT2D eigenvalue weighted by Gasteiger charge is 2.45. The highest BCUT2D eigenvalue weighted by atomic mass is 16.5. The van der Waals surface area contributed by atoms with Crippen molar-refractivity contribution in [2.75, 3.05) is 52.9 Å². The molecule has 4 aliphatic heterocycles. The monoisotopic (exact) mass is 470 g/mol. The summed E-state index contributed by atoms with van der Waals surface area (Å²) in [5.74, 6) is 0.102. The molecule has 0 aliphatic carbocycles. The van der Waals surface area contributed by atoms with Crippen molar-refractivity contribution in [2.24, 2.45) is 0 Å². The Hall–Kier alpha value is -2.72. The number of piperidine rings is 1. The Labute approximate surface area is 200 Å². The molecule has 184 valence electrons. The number of likely N-dealkylation sites (tertiary alicyclic amines) is 2. The van der Waals surface area contributed by atoms with E-state index in [1.165, 1.54) is 0 Å². The van der Waals surface area contributed by atoms with E-state index in [0.29, 0.717) is 44.2 Å². The quantitative estimate of drug-likeness (QED) is 0.607. The third kappa shape index (κ3) is 4.48. The summed E-state index contributed by atoms with van der Waals surface area (Å²) >= 11 is 0. The van der Waals surface area contributed by atoms with Gasteiger partial charge in [0.25, 0.3) is 5.91 Å². The molecule has 3 saturated heterocycles. The molecule has 1 aromatic heterocycles. The second-order valence-electron chi connectivity index (χ2n) is 9.97. The van der Waals surface area contributed by atoms with Gasteiger partial charge in [0.15, 0.2) is 0 Å². The largest absolute Gasteiger partial charge is 0.475 e. The predicted molar refractivity (Wildman–Crippen MR) is 124 cm³/mol. The number of ether oxygens (including phenoxy) is 1. The van der Waals surface area contributed by atoms with Crippen LogP contribution in [0.2, 0.25) is 0 Å². The van der Waals surface area contributed by atoms with Crippen LogP contribution in [-0.2, 0) is 9.59 Å². The Morgan fingerprint density at radius 3 is 2.68 bits per heavy atom. The number of aromatic nitrogens is 1. The maximum atomic E-state index is 14.0. The van der Waals surface area contributed by atoms with Gasteiger partial charge in [-0.05, 0) is 51.5 Å². The van der Waals surface area contributed by atoms with E-state index in [9.17, 15) is 14.4 Å². The molecule has 3 fully saturated rings. The Morgan fingerprint density at radius 2 is 1.91 bits per heavy atom. The fourth-order valence-corrected chi connectivity index (χ4v) is 5.82. The lowest BCUT2D eigenvalue weighted by Crippen LogP contribution is -2.62. The normalized spacial score (nSPS) is 29.4. The van der Waals surface area contributed by atoms with E-state index in [1.54, 1.807) is 30.2 Å². The van der Waals surface area contributed by atoms with Crippen LogP contribution in [0.25, 0.3) is 0 Å². The topological polar surface area (TPSA) is 98.3 Å². The molecule has 0 spiro atoms. The molecule has 0 radical (unpaired) electrons. The second-order valence-corrected chi connectivity index (χ2v) is 9.97. The lowest BCUT2D eigenvalue weighted by atomic mass is 10.0. The molecule has 1 N–H and O–H groups in total. The van der Waals surface area contributed by atoms with Crippen LogP contribution in [0.1, 0.15) is 36.5 Å². The zero-order chi connectivity index (χ0) is 23.8. The van der Waals surface area contributed by atoms with Gasteiger partial charge in [0.05, 0.1) is 12.1 Å². The van der Waals surface area contributed by atoms with Crippen LogP contribution in [0.5, 0.6) is 5.88 Å². The van der Waals surface area contributed by atoms with Crippen LogP contribution in [0.15, 0.2) is 18.3 Å². The molecule has 1 aromatic rings. The van der Waals surface area contributed by atoms with Gasteiger partial charge in [-0.3, -0.25) is 19.3 Å². The molecular weight excluding hydrogens is 436 g/mol. The summed E-state index contributed by atoms with van der Waals surface area (Å²) in [7, 11) is 2.13. The van der Waals surface area contributed by atoms with Crippen molar-refractivity contribution in [1.82, 2.24) is 29.9 Å². The van der Waals surface area contributed by atoms with E-state index in [1.807, 2.05) is 4.90 Å². The first-order valence-electron chi connectivity index (χ1n) is 12.3. The van der Waals surface area contributed by atoms with Gasteiger partial charge in [0.1, 0.15) is 12.2 Å². The number of hydrogen-bond acceptors (Lipinski definition) is 7. The van der Waals surface area contributed by atoms with E-state index >= 15 is 0 Å². The van der Waals surface area contributed by atoms with Crippen LogP contribution < -0.4 is 10.1 Å². The smallest absolute Gasteiger partial charge is 0.257 e. The van der Waals surface area contributed by atoms with Gasteiger partial charge in [-0.15, -0.1) is 0 Å². The van der Waals surface area contributed by atoms with E-state index in [0.717, 1.165) is 25.9 Å². The van der Waals surface area contributed by atoms with E-state index < -0.39 is 0 Å². The van der Waals surface area contributed by atoms with Crippen LogP contribution in [0.3, 0.4) is 0 Å². The SMILES string of the molecule is CC(=O)N1CCN2C(=O)[C@@H]3C[C@@H](CN3C3CCN(C)CC3)NC(=O)c3cccnc3OC[C@@H]2C1. The number of rotatable bonds is 1. The Morgan fingerprint density at radius 1 is 1.12 bits per heavy atom. The second kappa shape index (κ2) is 9.50. The molecule has 2 bridgehead atoms. The van der Waals surface area contributed by atoms with Crippen molar-refractivity contribution in [3.05, 3.63) is 23.9 Å². The van der Waals surface area contributed by atoms with Crippen molar-refractivity contribution < 1.29 is 19.1 Å². The first-order chi connectivity index (χ1) is 16.4. The van der Waals surface area contributed by atoms with Crippen molar-refractivity contribution in [3.63, 3.8) is 0 Å². The van der Waals surface area contributed by atoms with Gasteiger partial charge in [0.2, 0.25) is 17.7 Å². The summed E-state index contributed by atoms with van der Waals surface area (Å²) in [5, 5.41) is 3.14. The number of carbonyl (C=O) groups excluding carboxylic acids is 3. The Kier molecular flexibility index (Phi) is 6.44. The van der Waals surface area contributed by atoms with Crippen LogP contribution in [0, 0.1) is 0 Å². The third-order valence-corrected chi connectivity index (χ3v) is 7.76. The molecule has 10 nitrogen and oxygen atoms in total. The molecule has 10 heteroatoms. The average molecular weight is 471 g/mol. The van der Waals surface area contributed by atoms with Crippen molar-refractivity contribution in [2.45, 2.75) is 50.4 Å². The van der Waals surface area contributed by atoms with Crippen LogP contribution in [0.4, 0.5) is 0 Å². The minimum atomic E-state index is -0.291. The summed E-state index contributed by atoms with van der Waals surface area (Å²) in [6.45, 7) is 5.82. The summed E-state index contributed by atoms with van der Waals surface area (Å²) in [6, 6.07) is 3.07. The minimum Gasteiger partial charge on any atom is -0.475 e. The molecule has 0 aromatic carbocycles. The zero-order valence-electron chi connectivity index (χ0n) is 20.0. The highest BCUT2D eigenvalue weighted by molar-refractivity contribution is 5.96. The Balaban J connectivity index is 1.47. The van der Waals surface area contributed by atoms with E-state index in [-0.39, 0.29) is 48.3 Å². The summed E-state index contributed by atoms with van der Waals surface area (Å²) < 4.78 is 6.00. The number of nitrogens with one attached hydrogen (secondary N) is 1.